The van der Waals surface area contributed by atoms with Gasteiger partial charge in [0.25, 0.3) is 0 Å². The van der Waals surface area contributed by atoms with Crippen molar-refractivity contribution in [2.45, 2.75) is 54.5 Å². The third-order valence-electron chi connectivity index (χ3n) is 3.49. The lowest BCUT2D eigenvalue weighted by Crippen LogP contribution is -2.39. The lowest BCUT2D eigenvalue weighted by atomic mass is 9.71. The normalized spacial score (nSPS) is 13.9. The molecule has 20 heavy (non-hydrogen) atoms. The molecule has 1 amide bonds. The minimum absolute atomic E-state index is 0.0198. The van der Waals surface area contributed by atoms with Crippen molar-refractivity contribution in [2.75, 3.05) is 0 Å². The van der Waals surface area contributed by atoms with Gasteiger partial charge in [-0.2, -0.15) is 0 Å². The third kappa shape index (κ3) is 5.77. The van der Waals surface area contributed by atoms with Gasteiger partial charge in [0, 0.05) is 12.5 Å². The van der Waals surface area contributed by atoms with Crippen molar-refractivity contribution in [1.82, 2.24) is 5.32 Å². The van der Waals surface area contributed by atoms with Gasteiger partial charge < -0.3 is 5.32 Å². The minimum Gasteiger partial charge on any atom is -0.352 e. The topological polar surface area (TPSA) is 29.1 Å². The molecule has 1 unspecified atom stereocenters. The highest BCUT2D eigenvalue weighted by molar-refractivity contribution is 5.79. The monoisotopic (exact) mass is 275 g/mol. The highest BCUT2D eigenvalue weighted by Crippen LogP contribution is 2.36. The summed E-state index contributed by atoms with van der Waals surface area (Å²) in [5.41, 5.74) is 1.28. The average Bonchev–Trinajstić information content (AvgIpc) is 2.32. The molecule has 1 atom stereocenters. The molecule has 0 fully saturated rings. The highest BCUT2D eigenvalue weighted by Gasteiger charge is 2.34. The molecule has 2 heteroatoms. The van der Waals surface area contributed by atoms with Gasteiger partial charge >= 0.3 is 0 Å². The Balaban J connectivity index is 2.69. The van der Waals surface area contributed by atoms with Crippen LogP contribution in [0.15, 0.2) is 30.3 Å². The molecule has 0 aromatic heterocycles. The molecule has 1 aromatic carbocycles. The molecule has 0 aliphatic heterocycles. The summed E-state index contributed by atoms with van der Waals surface area (Å²) in [6.07, 6.45) is 0.900. The van der Waals surface area contributed by atoms with Crippen LogP contribution in [-0.4, -0.2) is 5.91 Å². The molecule has 0 radical (unpaired) electrons. The van der Waals surface area contributed by atoms with Gasteiger partial charge in [-0.05, 0) is 22.8 Å². The molecule has 1 rings (SSSR count). The summed E-state index contributed by atoms with van der Waals surface area (Å²) in [5, 5.41) is 3.09. The lowest BCUT2D eigenvalue weighted by Gasteiger charge is -2.34. The molecular formula is C18H29NO. The van der Waals surface area contributed by atoms with Gasteiger partial charge in [0.2, 0.25) is 5.91 Å². The van der Waals surface area contributed by atoms with E-state index in [-0.39, 0.29) is 22.7 Å². The largest absolute Gasteiger partial charge is 0.352 e. The molecule has 0 spiro atoms. The molecule has 1 aromatic rings. The summed E-state index contributed by atoms with van der Waals surface area (Å²) in [6, 6.07) is 10.1. The van der Waals surface area contributed by atoms with Crippen LogP contribution in [0.25, 0.3) is 0 Å². The molecule has 0 saturated heterocycles. The fraction of sp³-hybridized carbons (Fsp3) is 0.611. The van der Waals surface area contributed by atoms with Crippen LogP contribution in [-0.2, 0) is 11.3 Å². The summed E-state index contributed by atoms with van der Waals surface area (Å²) in [7, 11) is 0. The smallest absolute Gasteiger partial charge is 0.223 e. The Morgan fingerprint density at radius 2 is 1.60 bits per heavy atom. The quantitative estimate of drug-likeness (QED) is 0.867. The first kappa shape index (κ1) is 16.7. The van der Waals surface area contributed by atoms with Gasteiger partial charge in [-0.15, -0.1) is 0 Å². The molecule has 1 N–H and O–H groups in total. The third-order valence-corrected chi connectivity index (χ3v) is 3.49. The minimum atomic E-state index is -0.0198. The van der Waals surface area contributed by atoms with Crippen LogP contribution < -0.4 is 5.32 Å². The standard InChI is InChI=1S/C18H29NO/c1-17(2,3)12-15(18(4,5)6)16(20)19-13-14-10-8-7-9-11-14/h7-11,15H,12-13H2,1-6H3,(H,19,20). The molecular weight excluding hydrogens is 246 g/mol. The SMILES string of the molecule is CC(C)(C)CC(C(=O)NCc1ccccc1)C(C)(C)C. The number of rotatable bonds is 4. The maximum absolute atomic E-state index is 12.5. The van der Waals surface area contributed by atoms with Crippen molar-refractivity contribution in [3.63, 3.8) is 0 Å². The van der Waals surface area contributed by atoms with Crippen molar-refractivity contribution >= 4 is 5.91 Å². The van der Waals surface area contributed by atoms with Crippen molar-refractivity contribution in [3.05, 3.63) is 35.9 Å². The Kier molecular flexibility index (Phi) is 5.38. The van der Waals surface area contributed by atoms with Crippen LogP contribution in [0.4, 0.5) is 0 Å². The highest BCUT2D eigenvalue weighted by atomic mass is 16.1. The zero-order valence-electron chi connectivity index (χ0n) is 13.8. The summed E-state index contributed by atoms with van der Waals surface area (Å²) in [6.45, 7) is 13.6. The van der Waals surface area contributed by atoms with Crippen LogP contribution >= 0.6 is 0 Å². The van der Waals surface area contributed by atoms with Crippen LogP contribution in [0.1, 0.15) is 53.5 Å². The van der Waals surface area contributed by atoms with E-state index >= 15 is 0 Å². The lowest BCUT2D eigenvalue weighted by molar-refractivity contribution is -0.129. The predicted molar refractivity (Wildman–Crippen MR) is 85.3 cm³/mol. The second kappa shape index (κ2) is 6.43. The second-order valence-corrected chi connectivity index (χ2v) is 7.89. The van der Waals surface area contributed by atoms with Crippen LogP contribution in [0.3, 0.4) is 0 Å². The fourth-order valence-electron chi connectivity index (χ4n) is 2.31. The first-order chi connectivity index (χ1) is 9.09. The van der Waals surface area contributed by atoms with E-state index in [0.29, 0.717) is 6.54 Å². The van der Waals surface area contributed by atoms with Crippen molar-refractivity contribution in [3.8, 4) is 0 Å². The van der Waals surface area contributed by atoms with Gasteiger partial charge in [0.1, 0.15) is 0 Å². The number of benzene rings is 1. The van der Waals surface area contributed by atoms with Gasteiger partial charge in [0.15, 0.2) is 0 Å². The zero-order valence-corrected chi connectivity index (χ0v) is 13.8. The molecule has 0 bridgehead atoms. The Morgan fingerprint density at radius 1 is 1.05 bits per heavy atom. The summed E-state index contributed by atoms with van der Waals surface area (Å²) in [5.74, 6) is 0.197. The van der Waals surface area contributed by atoms with E-state index in [1.165, 1.54) is 0 Å². The molecule has 112 valence electrons. The van der Waals surface area contributed by atoms with E-state index in [2.05, 4.69) is 46.9 Å². The van der Waals surface area contributed by atoms with Gasteiger partial charge in [-0.1, -0.05) is 71.9 Å². The molecule has 2 nitrogen and oxygen atoms in total. The number of carbonyl (C=O) groups excluding carboxylic acids is 1. The number of hydrogen-bond acceptors (Lipinski definition) is 1. The van der Waals surface area contributed by atoms with Crippen molar-refractivity contribution in [2.24, 2.45) is 16.7 Å². The van der Waals surface area contributed by atoms with E-state index < -0.39 is 0 Å². The van der Waals surface area contributed by atoms with Gasteiger partial charge in [-0.3, -0.25) is 4.79 Å². The van der Waals surface area contributed by atoms with Gasteiger partial charge in [-0.25, -0.2) is 0 Å². The van der Waals surface area contributed by atoms with E-state index in [4.69, 9.17) is 0 Å². The number of nitrogens with one attached hydrogen (secondary N) is 1. The van der Waals surface area contributed by atoms with E-state index in [9.17, 15) is 4.79 Å². The van der Waals surface area contributed by atoms with Crippen LogP contribution in [0, 0.1) is 16.7 Å². The first-order valence-corrected chi connectivity index (χ1v) is 7.41. The maximum Gasteiger partial charge on any atom is 0.223 e. The van der Waals surface area contributed by atoms with Crippen molar-refractivity contribution in [1.29, 1.82) is 0 Å². The Morgan fingerprint density at radius 3 is 2.05 bits per heavy atom. The Bertz CT molecular complexity index is 423. The van der Waals surface area contributed by atoms with Crippen molar-refractivity contribution < 1.29 is 4.79 Å². The van der Waals surface area contributed by atoms with Crippen LogP contribution in [0.2, 0.25) is 0 Å². The second-order valence-electron chi connectivity index (χ2n) is 7.89. The first-order valence-electron chi connectivity index (χ1n) is 7.41. The Hall–Kier alpha value is -1.31. The number of carbonyl (C=O) groups is 1. The van der Waals surface area contributed by atoms with E-state index in [1.807, 2.05) is 30.3 Å². The van der Waals surface area contributed by atoms with E-state index in [0.717, 1.165) is 12.0 Å². The van der Waals surface area contributed by atoms with Crippen LogP contribution in [0.5, 0.6) is 0 Å². The summed E-state index contributed by atoms with van der Waals surface area (Å²) < 4.78 is 0. The fourth-order valence-corrected chi connectivity index (χ4v) is 2.31. The predicted octanol–water partition coefficient (Wildman–Crippen LogP) is 4.40. The number of hydrogen-bond donors (Lipinski definition) is 1. The molecule has 0 heterocycles. The summed E-state index contributed by atoms with van der Waals surface area (Å²) in [4.78, 5) is 12.5. The number of amides is 1. The maximum atomic E-state index is 12.5. The average molecular weight is 275 g/mol. The summed E-state index contributed by atoms with van der Waals surface area (Å²) >= 11 is 0. The molecule has 0 aliphatic carbocycles. The molecule has 0 aliphatic rings. The molecule has 0 saturated carbocycles. The Labute approximate surface area is 124 Å². The zero-order chi connectivity index (χ0) is 15.4. The van der Waals surface area contributed by atoms with Gasteiger partial charge in [0.05, 0.1) is 0 Å². The van der Waals surface area contributed by atoms with E-state index in [1.54, 1.807) is 0 Å².